The molecular weight excluding hydrogens is 550 g/mol. The van der Waals surface area contributed by atoms with Crippen molar-refractivity contribution < 1.29 is 24.0 Å². The van der Waals surface area contributed by atoms with Crippen LogP contribution in [0.3, 0.4) is 0 Å². The molecule has 12 nitrogen and oxygen atoms in total. The Morgan fingerprint density at radius 1 is 1.07 bits per heavy atom. The van der Waals surface area contributed by atoms with Gasteiger partial charge in [0.05, 0.1) is 31.7 Å². The lowest BCUT2D eigenvalue weighted by molar-refractivity contribution is -0.158. The van der Waals surface area contributed by atoms with Crippen LogP contribution in [0.1, 0.15) is 44.1 Å². The summed E-state index contributed by atoms with van der Waals surface area (Å²) < 4.78 is 5.05. The molecule has 3 heterocycles. The van der Waals surface area contributed by atoms with E-state index in [4.69, 9.17) is 14.6 Å². The van der Waals surface area contributed by atoms with Crippen molar-refractivity contribution in [3.05, 3.63) is 42.1 Å². The lowest BCUT2D eigenvalue weighted by Gasteiger charge is -2.35. The number of amides is 2. The van der Waals surface area contributed by atoms with E-state index in [1.54, 1.807) is 11.0 Å². The number of hydrogen-bond donors (Lipinski definition) is 1. The van der Waals surface area contributed by atoms with Gasteiger partial charge in [-0.05, 0) is 24.2 Å². The number of carbonyl (C=O) groups is 3. The van der Waals surface area contributed by atoms with Crippen LogP contribution in [0.4, 0.5) is 10.6 Å². The molecule has 43 heavy (non-hydrogen) atoms. The highest BCUT2D eigenvalue weighted by molar-refractivity contribution is 5.97. The highest BCUT2D eigenvalue weighted by atomic mass is 16.8. The molecule has 0 radical (unpaired) electrons. The van der Waals surface area contributed by atoms with Gasteiger partial charge in [0.2, 0.25) is 5.91 Å². The molecule has 12 heteroatoms. The Balaban J connectivity index is 1.25. The van der Waals surface area contributed by atoms with Crippen molar-refractivity contribution >= 4 is 23.8 Å². The Morgan fingerprint density at radius 2 is 1.77 bits per heavy atom. The summed E-state index contributed by atoms with van der Waals surface area (Å²) in [5, 5.41) is 13.8. The first-order chi connectivity index (χ1) is 20.8. The molecule has 5 rings (SSSR count). The van der Waals surface area contributed by atoms with E-state index in [0.717, 1.165) is 18.4 Å². The van der Waals surface area contributed by atoms with Crippen LogP contribution in [0.5, 0.6) is 0 Å². The van der Waals surface area contributed by atoms with E-state index >= 15 is 0 Å². The van der Waals surface area contributed by atoms with Gasteiger partial charge in [0.1, 0.15) is 17.6 Å². The first kappa shape index (κ1) is 30.2. The minimum Gasteiger partial charge on any atom is -0.433 e. The number of aromatic nitrogens is 2. The summed E-state index contributed by atoms with van der Waals surface area (Å²) in [5.41, 5.74) is 0.961. The number of nitrogens with one attached hydrogen (secondary N) is 1. The van der Waals surface area contributed by atoms with Crippen LogP contribution >= 0.6 is 0 Å². The molecule has 2 amide bonds. The third-order valence-corrected chi connectivity index (χ3v) is 8.34. The third kappa shape index (κ3) is 7.05. The number of rotatable bonds is 10. The number of piperazine rings is 1. The van der Waals surface area contributed by atoms with Crippen molar-refractivity contribution in [2.24, 2.45) is 23.7 Å². The molecule has 0 spiro atoms. The summed E-state index contributed by atoms with van der Waals surface area (Å²) in [5.74, 6) is 0.994. The molecule has 2 saturated heterocycles. The van der Waals surface area contributed by atoms with Gasteiger partial charge in [-0.25, -0.2) is 14.8 Å². The number of nitrogens with zero attached hydrogens (tertiary/aromatic N) is 6. The quantitative estimate of drug-likeness (QED) is 0.325. The maximum Gasteiger partial charge on any atom is 0.527 e. The van der Waals surface area contributed by atoms with Crippen molar-refractivity contribution in [2.75, 3.05) is 50.8 Å². The van der Waals surface area contributed by atoms with Gasteiger partial charge in [0.25, 0.3) is 5.91 Å². The largest absolute Gasteiger partial charge is 0.527 e. The fourth-order valence-electron chi connectivity index (χ4n) is 5.69. The number of anilines is 1. The number of hydroxylamine groups is 2. The lowest BCUT2D eigenvalue weighted by Crippen LogP contribution is -2.56. The predicted molar refractivity (Wildman–Crippen MR) is 157 cm³/mol. The first-order valence-corrected chi connectivity index (χ1v) is 15.1. The number of fused-ring (bicyclic) bond motifs is 1. The second-order valence-electron chi connectivity index (χ2n) is 11.7. The minimum absolute atomic E-state index is 0.0975. The molecule has 4 atom stereocenters. The van der Waals surface area contributed by atoms with E-state index in [2.05, 4.69) is 21.3 Å². The number of nitriles is 1. The van der Waals surface area contributed by atoms with Crippen molar-refractivity contribution in [3.8, 4) is 17.5 Å². The van der Waals surface area contributed by atoms with Crippen LogP contribution in [-0.4, -0.2) is 89.8 Å². The van der Waals surface area contributed by atoms with Gasteiger partial charge in [-0.2, -0.15) is 5.26 Å². The Morgan fingerprint density at radius 3 is 2.40 bits per heavy atom. The van der Waals surface area contributed by atoms with Crippen LogP contribution in [0.2, 0.25) is 0 Å². The molecule has 3 aliphatic rings. The van der Waals surface area contributed by atoms with Crippen molar-refractivity contribution in [1.29, 1.82) is 5.26 Å². The average molecular weight is 590 g/mol. The van der Waals surface area contributed by atoms with Gasteiger partial charge in [0, 0.05) is 37.8 Å². The topological polar surface area (TPSA) is 141 Å². The highest BCUT2D eigenvalue weighted by Crippen LogP contribution is 2.51. The Bertz CT molecular complexity index is 1340. The monoisotopic (exact) mass is 589 g/mol. The molecule has 228 valence electrons. The zero-order valence-electron chi connectivity index (χ0n) is 24.9. The van der Waals surface area contributed by atoms with E-state index in [0.29, 0.717) is 69.4 Å². The zero-order valence-corrected chi connectivity index (χ0v) is 24.9. The SMILES string of the molecule is CCCCOC(=O)ON1CCN(C(=O)[C@@H](NC(=O)c2cc(N3C[C@@H]4[C@@H](C#N)[C@@H]4C3)nc(-c3ccccc3)n2)C(C)C)CC1. The Labute approximate surface area is 251 Å². The van der Waals surface area contributed by atoms with E-state index in [9.17, 15) is 19.6 Å². The van der Waals surface area contributed by atoms with Gasteiger partial charge in [-0.3, -0.25) is 9.59 Å². The maximum absolute atomic E-state index is 13.6. The van der Waals surface area contributed by atoms with Crippen LogP contribution < -0.4 is 10.2 Å². The summed E-state index contributed by atoms with van der Waals surface area (Å²) in [6.45, 7) is 8.89. The fourth-order valence-corrected chi connectivity index (χ4v) is 5.69. The molecule has 0 bridgehead atoms. The minimum atomic E-state index is -0.770. The van der Waals surface area contributed by atoms with Crippen LogP contribution in [0, 0.1) is 35.0 Å². The van der Waals surface area contributed by atoms with Crippen molar-refractivity contribution in [1.82, 2.24) is 25.2 Å². The smallest absolute Gasteiger partial charge is 0.433 e. The fraction of sp³-hybridized carbons (Fsp3) is 0.548. The van der Waals surface area contributed by atoms with Crippen LogP contribution in [0.15, 0.2) is 36.4 Å². The average Bonchev–Trinajstić information content (AvgIpc) is 3.49. The summed E-state index contributed by atoms with van der Waals surface area (Å²) >= 11 is 0. The van der Waals surface area contributed by atoms with Crippen LogP contribution in [0.25, 0.3) is 11.4 Å². The van der Waals surface area contributed by atoms with E-state index in [1.807, 2.05) is 51.1 Å². The third-order valence-electron chi connectivity index (χ3n) is 8.34. The maximum atomic E-state index is 13.6. The second-order valence-corrected chi connectivity index (χ2v) is 11.7. The van der Waals surface area contributed by atoms with Gasteiger partial charge < -0.3 is 24.7 Å². The predicted octanol–water partition coefficient (Wildman–Crippen LogP) is 3.12. The Hall–Kier alpha value is -4.24. The second kappa shape index (κ2) is 13.4. The molecule has 1 aromatic heterocycles. The molecule has 1 N–H and O–H groups in total. The van der Waals surface area contributed by atoms with Gasteiger partial charge in [-0.1, -0.05) is 57.5 Å². The van der Waals surface area contributed by atoms with E-state index in [1.165, 1.54) is 5.06 Å². The molecule has 3 fully saturated rings. The number of piperidine rings is 1. The summed E-state index contributed by atoms with van der Waals surface area (Å²) in [7, 11) is 0. The molecule has 1 aliphatic carbocycles. The summed E-state index contributed by atoms with van der Waals surface area (Å²) in [6.07, 6.45) is 0.943. The first-order valence-electron chi connectivity index (χ1n) is 15.1. The number of hydrogen-bond acceptors (Lipinski definition) is 10. The van der Waals surface area contributed by atoms with Crippen molar-refractivity contribution in [3.63, 3.8) is 0 Å². The molecule has 2 aliphatic heterocycles. The standard InChI is InChI=1S/C31H39N7O5/c1-4-5-15-42-31(41)43-38-13-11-36(12-14-38)30(40)27(20(2)3)35-29(39)25-16-26(37-18-23-22(17-32)24(23)19-37)34-28(33-25)21-9-7-6-8-10-21/h6-10,16,20,22-24,27H,4-5,11-15,18-19H2,1-3H3,(H,35,39)/t22-,23-,24+,27-/m0/s1. The molecule has 0 unspecified atom stereocenters. The molecule has 1 aromatic carbocycles. The lowest BCUT2D eigenvalue weighted by atomic mass is 10.0. The Kier molecular flexibility index (Phi) is 9.40. The van der Waals surface area contributed by atoms with Gasteiger partial charge in [0.15, 0.2) is 5.82 Å². The van der Waals surface area contributed by atoms with Crippen molar-refractivity contribution in [2.45, 2.75) is 39.7 Å². The molecular formula is C31H39N7O5. The zero-order chi connectivity index (χ0) is 30.5. The number of unbranched alkanes of at least 4 members (excludes halogenated alkanes) is 1. The van der Waals surface area contributed by atoms with E-state index < -0.39 is 18.1 Å². The number of benzene rings is 1. The van der Waals surface area contributed by atoms with E-state index in [-0.39, 0.29) is 23.4 Å². The molecule has 2 aromatic rings. The molecule has 1 saturated carbocycles. The number of ether oxygens (including phenoxy) is 1. The van der Waals surface area contributed by atoms with Crippen LogP contribution in [-0.2, 0) is 14.4 Å². The number of carbonyl (C=O) groups excluding carboxylic acids is 3. The summed E-state index contributed by atoms with van der Waals surface area (Å²) in [4.78, 5) is 57.5. The van der Waals surface area contributed by atoms with Gasteiger partial charge >= 0.3 is 6.16 Å². The summed E-state index contributed by atoms with van der Waals surface area (Å²) in [6, 6.07) is 12.7. The highest BCUT2D eigenvalue weighted by Gasteiger charge is 2.56. The normalized spacial score (nSPS) is 22.0. The van der Waals surface area contributed by atoms with Gasteiger partial charge in [-0.15, -0.1) is 5.06 Å².